The number of hydrogen-bond acceptors (Lipinski definition) is 9. The zero-order valence-electron chi connectivity index (χ0n) is 15.2. The number of rotatable bonds is 5. The number of thiophene rings is 1. The first kappa shape index (κ1) is 18.8. The van der Waals surface area contributed by atoms with E-state index in [-0.39, 0.29) is 4.21 Å². The molecule has 0 aliphatic carbocycles. The van der Waals surface area contributed by atoms with Gasteiger partial charge >= 0.3 is 0 Å². The van der Waals surface area contributed by atoms with Gasteiger partial charge in [-0.3, -0.25) is 10.1 Å². The quantitative estimate of drug-likeness (QED) is 0.415. The standard InChI is InChI=1S/C18H14N6O3S3/c19-17-13-7-8-27-18(13)20-10-24(17)12-3-1-11(2-4-12)22-30(25,26)16-6-5-15(29-16)14-9-28-23-21-14/h1-9,19-20,22H,10H2. The molecule has 0 bridgehead atoms. The summed E-state index contributed by atoms with van der Waals surface area (Å²) >= 11 is 2.35. The van der Waals surface area contributed by atoms with Gasteiger partial charge in [0.2, 0.25) is 5.88 Å². The number of nitrogens with one attached hydrogen (secondary N) is 3. The lowest BCUT2D eigenvalue weighted by molar-refractivity contribution is 0.577. The molecule has 0 saturated heterocycles. The minimum Gasteiger partial charge on any atom is -0.448 e. The first-order valence-corrected chi connectivity index (χ1v) is 11.8. The van der Waals surface area contributed by atoms with Crippen molar-refractivity contribution >= 4 is 56.0 Å². The number of nitrogens with zero attached hydrogens (tertiary/aromatic N) is 3. The number of furan rings is 1. The van der Waals surface area contributed by atoms with Crippen LogP contribution in [0, 0.1) is 5.41 Å². The van der Waals surface area contributed by atoms with E-state index < -0.39 is 10.0 Å². The molecule has 0 spiro atoms. The smallest absolute Gasteiger partial charge is 0.271 e. The Hall–Kier alpha value is -3.22. The Kier molecular flexibility index (Phi) is 4.53. The van der Waals surface area contributed by atoms with Crippen LogP contribution in [-0.2, 0) is 10.0 Å². The summed E-state index contributed by atoms with van der Waals surface area (Å²) < 4.78 is 37.3. The SMILES string of the molecule is N=C1c2ccoc2NCN1c1ccc(NS(=O)(=O)c2ccc(-c3csnn3)s2)cc1. The molecule has 0 atom stereocenters. The fourth-order valence-electron chi connectivity index (χ4n) is 3.02. The van der Waals surface area contributed by atoms with Gasteiger partial charge < -0.3 is 14.6 Å². The van der Waals surface area contributed by atoms with Crippen molar-refractivity contribution in [3.63, 3.8) is 0 Å². The predicted molar refractivity (Wildman–Crippen MR) is 117 cm³/mol. The first-order chi connectivity index (χ1) is 14.5. The summed E-state index contributed by atoms with van der Waals surface area (Å²) in [6.07, 6.45) is 1.54. The number of amidine groups is 1. The number of aromatic nitrogens is 2. The van der Waals surface area contributed by atoms with Crippen molar-refractivity contribution in [2.24, 2.45) is 0 Å². The van der Waals surface area contributed by atoms with Gasteiger partial charge in [-0.2, -0.15) is 0 Å². The van der Waals surface area contributed by atoms with Crippen LogP contribution in [0.25, 0.3) is 10.6 Å². The van der Waals surface area contributed by atoms with E-state index in [0.717, 1.165) is 21.9 Å². The minimum atomic E-state index is -3.72. The molecule has 1 aliphatic heterocycles. The fraction of sp³-hybridized carbons (Fsp3) is 0.0556. The molecular weight excluding hydrogens is 444 g/mol. The van der Waals surface area contributed by atoms with Crippen LogP contribution in [0.1, 0.15) is 5.56 Å². The minimum absolute atomic E-state index is 0.198. The third kappa shape index (κ3) is 3.34. The third-order valence-electron chi connectivity index (χ3n) is 4.48. The zero-order chi connectivity index (χ0) is 20.7. The maximum Gasteiger partial charge on any atom is 0.271 e. The maximum atomic E-state index is 12.7. The Labute approximate surface area is 179 Å². The van der Waals surface area contributed by atoms with Gasteiger partial charge in [-0.25, -0.2) is 8.42 Å². The molecule has 0 amide bonds. The van der Waals surface area contributed by atoms with E-state index in [2.05, 4.69) is 19.6 Å². The van der Waals surface area contributed by atoms with Crippen molar-refractivity contribution in [3.05, 3.63) is 59.7 Å². The summed E-state index contributed by atoms with van der Waals surface area (Å²) in [6, 6.07) is 11.9. The lowest BCUT2D eigenvalue weighted by Crippen LogP contribution is -2.39. The Morgan fingerprint density at radius 2 is 2.00 bits per heavy atom. The second kappa shape index (κ2) is 7.23. The summed E-state index contributed by atoms with van der Waals surface area (Å²) in [5, 5.41) is 17.2. The van der Waals surface area contributed by atoms with E-state index >= 15 is 0 Å². The summed E-state index contributed by atoms with van der Waals surface area (Å²) in [5.74, 6) is 0.887. The second-order valence-electron chi connectivity index (χ2n) is 6.34. The highest BCUT2D eigenvalue weighted by molar-refractivity contribution is 7.94. The van der Waals surface area contributed by atoms with Crippen LogP contribution in [-0.4, -0.2) is 30.5 Å². The molecule has 0 fully saturated rings. The average molecular weight is 459 g/mol. The first-order valence-electron chi connectivity index (χ1n) is 8.69. The van der Waals surface area contributed by atoms with Crippen LogP contribution in [0.15, 0.2) is 62.7 Å². The molecular formula is C18H14N6O3S3. The highest BCUT2D eigenvalue weighted by atomic mass is 32.2. The molecule has 1 aliphatic rings. The molecule has 0 unspecified atom stereocenters. The van der Waals surface area contributed by atoms with E-state index in [1.165, 1.54) is 17.8 Å². The average Bonchev–Trinajstić information content (AvgIpc) is 3.49. The van der Waals surface area contributed by atoms with Crippen LogP contribution < -0.4 is 14.9 Å². The number of fused-ring (bicyclic) bond motifs is 1. The van der Waals surface area contributed by atoms with Gasteiger partial charge in [-0.15, -0.1) is 16.4 Å². The van der Waals surface area contributed by atoms with Crippen molar-refractivity contribution in [3.8, 4) is 10.6 Å². The molecule has 9 nitrogen and oxygen atoms in total. The topological polar surface area (TPSA) is 124 Å². The molecule has 3 aromatic heterocycles. The van der Waals surface area contributed by atoms with Crippen LogP contribution in [0.4, 0.5) is 17.3 Å². The van der Waals surface area contributed by atoms with Crippen molar-refractivity contribution in [1.29, 1.82) is 5.41 Å². The van der Waals surface area contributed by atoms with Crippen molar-refractivity contribution in [2.45, 2.75) is 4.21 Å². The molecule has 1 aromatic carbocycles. The Balaban J connectivity index is 1.33. The van der Waals surface area contributed by atoms with E-state index in [1.807, 2.05) is 0 Å². The van der Waals surface area contributed by atoms with E-state index in [9.17, 15) is 8.42 Å². The zero-order valence-corrected chi connectivity index (χ0v) is 17.6. The number of benzene rings is 1. The lowest BCUT2D eigenvalue weighted by Gasteiger charge is -2.29. The van der Waals surface area contributed by atoms with Gasteiger partial charge in [0.05, 0.1) is 23.4 Å². The third-order valence-corrected chi connectivity index (χ3v) is 7.96. The largest absolute Gasteiger partial charge is 0.448 e. The monoisotopic (exact) mass is 458 g/mol. The van der Waals surface area contributed by atoms with Crippen LogP contribution >= 0.6 is 22.9 Å². The van der Waals surface area contributed by atoms with Gasteiger partial charge in [0.1, 0.15) is 15.7 Å². The Bertz CT molecular complexity index is 1310. The molecule has 5 rings (SSSR count). The van der Waals surface area contributed by atoms with Crippen molar-refractivity contribution in [2.75, 3.05) is 21.6 Å². The number of anilines is 3. The molecule has 30 heavy (non-hydrogen) atoms. The molecule has 4 heterocycles. The van der Waals surface area contributed by atoms with Gasteiger partial charge in [0.25, 0.3) is 10.0 Å². The summed E-state index contributed by atoms with van der Waals surface area (Å²) in [7, 11) is -3.72. The van der Waals surface area contributed by atoms with E-state index in [4.69, 9.17) is 9.83 Å². The maximum absolute atomic E-state index is 12.7. The van der Waals surface area contributed by atoms with Gasteiger partial charge in [0.15, 0.2) is 0 Å². The van der Waals surface area contributed by atoms with Crippen molar-refractivity contribution < 1.29 is 12.8 Å². The predicted octanol–water partition coefficient (Wildman–Crippen LogP) is 3.88. The van der Waals surface area contributed by atoms with Gasteiger partial charge in [-0.1, -0.05) is 4.49 Å². The summed E-state index contributed by atoms with van der Waals surface area (Å²) in [4.78, 5) is 2.51. The number of sulfonamides is 1. The van der Waals surface area contributed by atoms with Gasteiger partial charge in [-0.05, 0) is 54.0 Å². The Morgan fingerprint density at radius 3 is 2.77 bits per heavy atom. The lowest BCUT2D eigenvalue weighted by atomic mass is 10.2. The Morgan fingerprint density at radius 1 is 1.17 bits per heavy atom. The summed E-state index contributed by atoms with van der Waals surface area (Å²) in [6.45, 7) is 0.383. The van der Waals surface area contributed by atoms with E-state index in [0.29, 0.717) is 35.3 Å². The highest BCUT2D eigenvalue weighted by Gasteiger charge is 2.24. The normalized spacial score (nSPS) is 13.7. The van der Waals surface area contributed by atoms with Crippen molar-refractivity contribution in [1.82, 2.24) is 9.59 Å². The molecule has 3 N–H and O–H groups in total. The fourth-order valence-corrected chi connectivity index (χ4v) is 5.87. The second-order valence-corrected chi connectivity index (χ2v) is 9.94. The van der Waals surface area contributed by atoms with Crippen LogP contribution in [0.2, 0.25) is 0 Å². The van der Waals surface area contributed by atoms with Crippen LogP contribution in [0.3, 0.4) is 0 Å². The number of hydrogen-bond donors (Lipinski definition) is 3. The molecule has 12 heteroatoms. The molecule has 0 saturated carbocycles. The summed E-state index contributed by atoms with van der Waals surface area (Å²) in [5.41, 5.74) is 2.53. The van der Waals surface area contributed by atoms with E-state index in [1.54, 1.807) is 52.7 Å². The molecule has 0 radical (unpaired) electrons. The molecule has 4 aromatic rings. The van der Waals surface area contributed by atoms with Crippen LogP contribution in [0.5, 0.6) is 0 Å². The molecule has 152 valence electrons. The van der Waals surface area contributed by atoms with Gasteiger partial charge in [0, 0.05) is 16.8 Å². The highest BCUT2D eigenvalue weighted by Crippen LogP contribution is 2.32.